The normalized spacial score (nSPS) is 13.9. The van der Waals surface area contributed by atoms with Crippen LogP contribution in [0.5, 0.6) is 5.75 Å². The van der Waals surface area contributed by atoms with Crippen molar-refractivity contribution >= 4 is 45.1 Å². The number of nitrogen functional groups attached to an aromatic ring is 1. The number of pyridine rings is 1. The fraction of sp³-hybridized carbons (Fsp3) is 0.179. The number of ether oxygens (including phenoxy) is 1. The molecule has 6 rings (SSSR count). The highest BCUT2D eigenvalue weighted by molar-refractivity contribution is 7.14. The third-order valence-electron chi connectivity index (χ3n) is 6.47. The van der Waals surface area contributed by atoms with Gasteiger partial charge in [0, 0.05) is 22.8 Å². The topological polar surface area (TPSA) is 107 Å². The van der Waals surface area contributed by atoms with Gasteiger partial charge in [-0.25, -0.2) is 9.97 Å². The van der Waals surface area contributed by atoms with Crippen molar-refractivity contribution in [3.63, 3.8) is 0 Å². The Hall–Kier alpha value is -4.37. The highest BCUT2D eigenvalue weighted by atomic mass is 32.1. The van der Waals surface area contributed by atoms with E-state index in [0.717, 1.165) is 33.6 Å². The Morgan fingerprint density at radius 3 is 2.73 bits per heavy atom. The third kappa shape index (κ3) is 4.85. The lowest BCUT2D eigenvalue weighted by atomic mass is 10.2. The average molecular weight is 511 g/mol. The molecule has 186 valence electrons. The Labute approximate surface area is 218 Å². The summed E-state index contributed by atoms with van der Waals surface area (Å²) < 4.78 is 8.22. The number of benzene rings is 2. The van der Waals surface area contributed by atoms with Gasteiger partial charge in [0.2, 0.25) is 0 Å². The Kier molecular flexibility index (Phi) is 5.97. The van der Waals surface area contributed by atoms with E-state index in [1.165, 1.54) is 24.2 Å². The average Bonchev–Trinajstić information content (AvgIpc) is 3.52. The lowest BCUT2D eigenvalue weighted by Crippen LogP contribution is -2.14. The number of carbonyl (C=O) groups is 1. The summed E-state index contributed by atoms with van der Waals surface area (Å²) in [5.41, 5.74) is 10.9. The number of hydrogen-bond acceptors (Lipinski definition) is 7. The first-order chi connectivity index (χ1) is 18.0. The molecule has 1 aliphatic rings. The zero-order valence-electron chi connectivity index (χ0n) is 20.2. The van der Waals surface area contributed by atoms with Crippen molar-refractivity contribution in [3.05, 3.63) is 84.0 Å². The molecule has 8 nitrogen and oxygen atoms in total. The van der Waals surface area contributed by atoms with Crippen LogP contribution >= 0.6 is 11.3 Å². The first kappa shape index (κ1) is 23.1. The summed E-state index contributed by atoms with van der Waals surface area (Å²) in [6, 6.07) is 18.4. The maximum absolute atomic E-state index is 12.6. The number of nitrogens with zero attached hydrogens (tertiary/aromatic N) is 3. The summed E-state index contributed by atoms with van der Waals surface area (Å²) in [5, 5.41) is 8.90. The van der Waals surface area contributed by atoms with Crippen LogP contribution in [0, 0.1) is 5.92 Å². The number of imidazole rings is 1. The van der Waals surface area contributed by atoms with Gasteiger partial charge in [-0.15, -0.1) is 11.3 Å². The number of hydrogen-bond donors (Lipinski definition) is 3. The number of aromatic nitrogens is 3. The summed E-state index contributed by atoms with van der Waals surface area (Å²) in [5.74, 6) is 1.22. The Morgan fingerprint density at radius 1 is 1.14 bits per heavy atom. The van der Waals surface area contributed by atoms with Crippen molar-refractivity contribution < 1.29 is 9.53 Å². The van der Waals surface area contributed by atoms with E-state index in [-0.39, 0.29) is 12.0 Å². The van der Waals surface area contributed by atoms with Crippen molar-refractivity contribution in [2.24, 2.45) is 5.92 Å². The number of thiazole rings is 1. The Morgan fingerprint density at radius 2 is 1.95 bits per heavy atom. The second kappa shape index (κ2) is 9.59. The van der Waals surface area contributed by atoms with E-state index in [0.29, 0.717) is 22.9 Å². The maximum atomic E-state index is 12.6. The molecular weight excluding hydrogens is 484 g/mol. The molecule has 37 heavy (non-hydrogen) atoms. The van der Waals surface area contributed by atoms with Gasteiger partial charge >= 0.3 is 0 Å². The highest BCUT2D eigenvalue weighted by Gasteiger charge is 2.30. The van der Waals surface area contributed by atoms with Gasteiger partial charge in [-0.05, 0) is 74.2 Å². The summed E-state index contributed by atoms with van der Waals surface area (Å²) >= 11 is 1.50. The van der Waals surface area contributed by atoms with E-state index in [1.54, 1.807) is 24.3 Å². The van der Waals surface area contributed by atoms with E-state index < -0.39 is 0 Å². The number of nitrogens with two attached hydrogens (primary N) is 1. The lowest BCUT2D eigenvalue weighted by Gasteiger charge is -2.14. The van der Waals surface area contributed by atoms with E-state index in [4.69, 9.17) is 15.5 Å². The molecule has 0 saturated heterocycles. The number of nitrogens with one attached hydrogen (secondary N) is 2. The molecule has 0 aliphatic heterocycles. The van der Waals surface area contributed by atoms with Gasteiger partial charge in [0.25, 0.3) is 5.91 Å². The molecule has 2 aromatic carbocycles. The molecule has 1 unspecified atom stereocenters. The third-order valence-corrected chi connectivity index (χ3v) is 7.23. The number of rotatable bonds is 8. The second-order valence-corrected chi connectivity index (χ2v) is 10.0. The van der Waals surface area contributed by atoms with E-state index in [2.05, 4.69) is 22.5 Å². The quantitative estimate of drug-likeness (QED) is 0.214. The summed E-state index contributed by atoms with van der Waals surface area (Å²) in [6.07, 6.45) is 6.46. The number of para-hydroxylation sites is 2. The van der Waals surface area contributed by atoms with Gasteiger partial charge in [-0.3, -0.25) is 9.20 Å². The van der Waals surface area contributed by atoms with Crippen LogP contribution in [0.3, 0.4) is 0 Å². The van der Waals surface area contributed by atoms with Gasteiger partial charge < -0.3 is 21.1 Å². The van der Waals surface area contributed by atoms with Crippen LogP contribution in [0.2, 0.25) is 0 Å². The molecule has 0 bridgehead atoms. The maximum Gasteiger partial charge on any atom is 0.255 e. The van der Waals surface area contributed by atoms with Crippen LogP contribution in [0.25, 0.3) is 17.0 Å². The van der Waals surface area contributed by atoms with Gasteiger partial charge in [0.1, 0.15) is 5.69 Å². The zero-order valence-corrected chi connectivity index (χ0v) is 21.0. The molecule has 3 heterocycles. The van der Waals surface area contributed by atoms with Crippen molar-refractivity contribution in [2.75, 3.05) is 16.4 Å². The van der Waals surface area contributed by atoms with Crippen LogP contribution in [0.4, 0.5) is 22.2 Å². The van der Waals surface area contributed by atoms with Crippen molar-refractivity contribution in [3.8, 4) is 17.1 Å². The molecule has 1 fully saturated rings. The van der Waals surface area contributed by atoms with Crippen LogP contribution < -0.4 is 21.1 Å². The van der Waals surface area contributed by atoms with Crippen LogP contribution in [0.1, 0.15) is 30.1 Å². The number of amides is 1. The molecule has 1 saturated carbocycles. The molecule has 0 spiro atoms. The molecule has 4 N–H and O–H groups in total. The predicted octanol–water partition coefficient (Wildman–Crippen LogP) is 6.21. The van der Waals surface area contributed by atoms with Crippen LogP contribution in [-0.4, -0.2) is 26.4 Å². The van der Waals surface area contributed by atoms with Gasteiger partial charge in [0.15, 0.2) is 16.5 Å². The lowest BCUT2D eigenvalue weighted by molar-refractivity contribution is 0.102. The van der Waals surface area contributed by atoms with E-state index >= 15 is 0 Å². The molecular formula is C28H26N6O2S. The fourth-order valence-corrected chi connectivity index (χ4v) is 4.94. The number of carbonyl (C=O) groups excluding carboxylic acids is 1. The van der Waals surface area contributed by atoms with E-state index in [1.807, 2.05) is 58.6 Å². The summed E-state index contributed by atoms with van der Waals surface area (Å²) in [7, 11) is 0. The molecule has 1 aliphatic carbocycles. The minimum atomic E-state index is -0.219. The number of fused-ring (bicyclic) bond motifs is 1. The standard InChI is InChI=1S/C28H26N6O2S/c1-17(18-8-9-18)36-25-7-4-14-34-24(15-30-26(25)34)23-16-37-28(33-23)31-20-12-10-19(11-13-20)27(35)32-22-6-3-2-5-21(22)29/h2-7,10-18H,8-9,29H2,1H3,(H,31,33)(H,32,35). The first-order valence-electron chi connectivity index (χ1n) is 12.2. The van der Waals surface area contributed by atoms with Crippen LogP contribution in [-0.2, 0) is 0 Å². The molecule has 3 aromatic heterocycles. The van der Waals surface area contributed by atoms with Crippen molar-refractivity contribution in [2.45, 2.75) is 25.9 Å². The van der Waals surface area contributed by atoms with Crippen LogP contribution in [0.15, 0.2) is 78.4 Å². The molecule has 1 amide bonds. The number of anilines is 4. The monoisotopic (exact) mass is 510 g/mol. The Balaban J connectivity index is 1.15. The minimum Gasteiger partial charge on any atom is -0.487 e. The fourth-order valence-electron chi connectivity index (χ4n) is 4.21. The highest BCUT2D eigenvalue weighted by Crippen LogP contribution is 2.36. The molecule has 1 atom stereocenters. The first-order valence-corrected chi connectivity index (χ1v) is 13.0. The Bertz CT molecular complexity index is 1570. The second-order valence-electron chi connectivity index (χ2n) is 9.15. The molecule has 9 heteroatoms. The minimum absolute atomic E-state index is 0.190. The van der Waals surface area contributed by atoms with Gasteiger partial charge in [-0.1, -0.05) is 12.1 Å². The largest absolute Gasteiger partial charge is 0.487 e. The summed E-state index contributed by atoms with van der Waals surface area (Å²) in [6.45, 7) is 2.13. The molecule has 5 aromatic rings. The summed E-state index contributed by atoms with van der Waals surface area (Å²) in [4.78, 5) is 22.0. The van der Waals surface area contributed by atoms with Crippen molar-refractivity contribution in [1.29, 1.82) is 0 Å². The SMILES string of the molecule is CC(Oc1cccn2c(-c3csc(Nc4ccc(C(=O)Nc5ccccc5N)cc4)n3)cnc12)C1CC1. The van der Waals surface area contributed by atoms with Gasteiger partial charge in [-0.2, -0.15) is 0 Å². The zero-order chi connectivity index (χ0) is 25.4. The van der Waals surface area contributed by atoms with Crippen molar-refractivity contribution in [1.82, 2.24) is 14.4 Å². The molecule has 0 radical (unpaired) electrons. The predicted molar refractivity (Wildman–Crippen MR) is 148 cm³/mol. The van der Waals surface area contributed by atoms with Gasteiger partial charge in [0.05, 0.1) is 29.4 Å². The van der Waals surface area contributed by atoms with E-state index in [9.17, 15) is 4.79 Å². The smallest absolute Gasteiger partial charge is 0.255 e.